The molecule has 20 heavy (non-hydrogen) atoms. The van der Waals surface area contributed by atoms with Crippen LogP contribution in [0.15, 0.2) is 27.4 Å². The summed E-state index contributed by atoms with van der Waals surface area (Å²) in [4.78, 5) is 20.8. The molecule has 0 aliphatic carbocycles. The van der Waals surface area contributed by atoms with Gasteiger partial charge in [-0.3, -0.25) is 0 Å². The summed E-state index contributed by atoms with van der Waals surface area (Å²) >= 11 is 6.72. The molecule has 2 aromatic rings. The third-order valence-corrected chi connectivity index (χ3v) is 4.19. The van der Waals surface area contributed by atoms with Crippen molar-refractivity contribution in [2.45, 2.75) is 13.8 Å². The molecule has 0 spiro atoms. The van der Waals surface area contributed by atoms with Crippen LogP contribution in [-0.4, -0.2) is 23.0 Å². The molecule has 4 nitrogen and oxygen atoms in total. The standard InChI is InChI=1S/C14H12Br2N2O2/c1-7-11(14(19)20-3)8(2)13(16)18-12(7)9-5-4-6-10(15)17-9/h4-6H,1-3H3. The highest BCUT2D eigenvalue weighted by atomic mass is 79.9. The van der Waals surface area contributed by atoms with Crippen molar-refractivity contribution >= 4 is 37.8 Å². The zero-order valence-electron chi connectivity index (χ0n) is 11.2. The second-order valence-electron chi connectivity index (χ2n) is 4.21. The van der Waals surface area contributed by atoms with E-state index in [-0.39, 0.29) is 5.97 Å². The number of pyridine rings is 2. The van der Waals surface area contributed by atoms with E-state index in [1.54, 1.807) is 0 Å². The Morgan fingerprint density at radius 3 is 2.45 bits per heavy atom. The molecule has 0 aliphatic rings. The minimum absolute atomic E-state index is 0.376. The summed E-state index contributed by atoms with van der Waals surface area (Å²) < 4.78 is 6.18. The highest BCUT2D eigenvalue weighted by Gasteiger charge is 2.20. The van der Waals surface area contributed by atoms with E-state index in [0.29, 0.717) is 26.2 Å². The lowest BCUT2D eigenvalue weighted by atomic mass is 10.0. The van der Waals surface area contributed by atoms with Crippen LogP contribution in [0, 0.1) is 13.8 Å². The van der Waals surface area contributed by atoms with Crippen LogP contribution in [0.1, 0.15) is 21.5 Å². The Morgan fingerprint density at radius 1 is 1.15 bits per heavy atom. The van der Waals surface area contributed by atoms with Crippen LogP contribution in [-0.2, 0) is 4.74 Å². The van der Waals surface area contributed by atoms with Gasteiger partial charge in [-0.15, -0.1) is 0 Å². The molecule has 2 rings (SSSR count). The van der Waals surface area contributed by atoms with Gasteiger partial charge >= 0.3 is 5.97 Å². The van der Waals surface area contributed by atoms with Gasteiger partial charge in [0.2, 0.25) is 0 Å². The van der Waals surface area contributed by atoms with E-state index in [4.69, 9.17) is 4.74 Å². The molecule has 0 N–H and O–H groups in total. The number of nitrogens with zero attached hydrogens (tertiary/aromatic N) is 2. The second kappa shape index (κ2) is 6.01. The number of rotatable bonds is 2. The third-order valence-electron chi connectivity index (χ3n) is 2.97. The first-order chi connectivity index (χ1) is 9.45. The Balaban J connectivity index is 2.73. The number of esters is 1. The lowest BCUT2D eigenvalue weighted by Gasteiger charge is -2.13. The largest absolute Gasteiger partial charge is 0.465 e. The van der Waals surface area contributed by atoms with Gasteiger partial charge in [-0.2, -0.15) is 0 Å². The van der Waals surface area contributed by atoms with Gasteiger partial charge in [0.15, 0.2) is 0 Å². The molecule has 6 heteroatoms. The highest BCUT2D eigenvalue weighted by Crippen LogP contribution is 2.30. The van der Waals surface area contributed by atoms with Gasteiger partial charge in [0, 0.05) is 0 Å². The SMILES string of the molecule is COC(=O)c1c(C)c(Br)nc(-c2cccc(Br)n2)c1C. The molecule has 2 heterocycles. The van der Waals surface area contributed by atoms with Gasteiger partial charge < -0.3 is 4.74 Å². The molecule has 0 saturated carbocycles. The summed E-state index contributed by atoms with van der Waals surface area (Å²) in [5, 5.41) is 0. The number of hydrogen-bond acceptors (Lipinski definition) is 4. The van der Waals surface area contributed by atoms with E-state index in [1.807, 2.05) is 32.0 Å². The first kappa shape index (κ1) is 15.1. The number of halogens is 2. The van der Waals surface area contributed by atoms with Gasteiger partial charge in [-0.1, -0.05) is 6.07 Å². The van der Waals surface area contributed by atoms with Crippen LogP contribution in [0.2, 0.25) is 0 Å². The predicted molar refractivity (Wildman–Crippen MR) is 83.7 cm³/mol. The number of carbonyl (C=O) groups excluding carboxylic acids is 1. The molecule has 0 fully saturated rings. The molecule has 0 bridgehead atoms. The molecule has 0 amide bonds. The number of carbonyl (C=O) groups is 1. The summed E-state index contributed by atoms with van der Waals surface area (Å²) in [6.45, 7) is 3.67. The fraction of sp³-hybridized carbons (Fsp3) is 0.214. The Labute approximate surface area is 133 Å². The van der Waals surface area contributed by atoms with Crippen molar-refractivity contribution in [3.8, 4) is 11.4 Å². The van der Waals surface area contributed by atoms with E-state index in [1.165, 1.54) is 7.11 Å². The molecular formula is C14H12Br2N2O2. The molecule has 0 unspecified atom stereocenters. The zero-order valence-corrected chi connectivity index (χ0v) is 14.4. The zero-order chi connectivity index (χ0) is 14.9. The third kappa shape index (κ3) is 2.76. The van der Waals surface area contributed by atoms with Gasteiger partial charge in [-0.05, 0) is 69.0 Å². The molecule has 0 atom stereocenters. The maximum atomic E-state index is 12.0. The molecule has 2 aromatic heterocycles. The van der Waals surface area contributed by atoms with Crippen molar-refractivity contribution in [3.63, 3.8) is 0 Å². The first-order valence-electron chi connectivity index (χ1n) is 5.83. The Bertz CT molecular complexity index is 687. The summed E-state index contributed by atoms with van der Waals surface area (Å²) in [6.07, 6.45) is 0. The number of hydrogen-bond donors (Lipinski definition) is 0. The van der Waals surface area contributed by atoms with E-state index in [0.717, 1.165) is 11.1 Å². The van der Waals surface area contributed by atoms with Crippen molar-refractivity contribution in [3.05, 3.63) is 44.1 Å². The summed E-state index contributed by atoms with van der Waals surface area (Å²) in [6, 6.07) is 5.56. The number of aromatic nitrogens is 2. The molecule has 0 aromatic carbocycles. The van der Waals surface area contributed by atoms with Gasteiger partial charge in [0.05, 0.1) is 24.1 Å². The highest BCUT2D eigenvalue weighted by molar-refractivity contribution is 9.10. The fourth-order valence-electron chi connectivity index (χ4n) is 1.97. The van der Waals surface area contributed by atoms with Crippen molar-refractivity contribution in [1.82, 2.24) is 9.97 Å². The molecular weight excluding hydrogens is 388 g/mol. The summed E-state index contributed by atoms with van der Waals surface area (Å²) in [7, 11) is 1.37. The van der Waals surface area contributed by atoms with E-state index >= 15 is 0 Å². The average molecular weight is 400 g/mol. The Morgan fingerprint density at radius 2 is 1.85 bits per heavy atom. The minimum atomic E-state index is -0.376. The van der Waals surface area contributed by atoms with E-state index in [9.17, 15) is 4.79 Å². The number of ether oxygens (including phenoxy) is 1. The van der Waals surface area contributed by atoms with Crippen LogP contribution < -0.4 is 0 Å². The first-order valence-corrected chi connectivity index (χ1v) is 7.42. The van der Waals surface area contributed by atoms with Crippen LogP contribution >= 0.6 is 31.9 Å². The molecule has 0 radical (unpaired) electrons. The Kier molecular flexibility index (Phi) is 4.55. The minimum Gasteiger partial charge on any atom is -0.465 e. The molecule has 104 valence electrons. The normalized spacial score (nSPS) is 10.4. The van der Waals surface area contributed by atoms with Crippen LogP contribution in [0.25, 0.3) is 11.4 Å². The lowest BCUT2D eigenvalue weighted by Crippen LogP contribution is -2.10. The average Bonchev–Trinajstić information content (AvgIpc) is 2.42. The molecule has 0 aliphatic heterocycles. The number of methoxy groups -OCH3 is 1. The van der Waals surface area contributed by atoms with E-state index in [2.05, 4.69) is 41.8 Å². The molecule has 0 saturated heterocycles. The van der Waals surface area contributed by atoms with Gasteiger partial charge in [0.25, 0.3) is 0 Å². The summed E-state index contributed by atoms with van der Waals surface area (Å²) in [5.41, 5.74) is 3.38. The monoisotopic (exact) mass is 398 g/mol. The van der Waals surface area contributed by atoms with Gasteiger partial charge in [0.1, 0.15) is 9.21 Å². The quantitative estimate of drug-likeness (QED) is 0.564. The van der Waals surface area contributed by atoms with Crippen LogP contribution in [0.5, 0.6) is 0 Å². The second-order valence-corrected chi connectivity index (χ2v) is 5.78. The fourth-order valence-corrected chi connectivity index (χ4v) is 2.69. The van der Waals surface area contributed by atoms with Crippen molar-refractivity contribution in [2.75, 3.05) is 7.11 Å². The maximum Gasteiger partial charge on any atom is 0.338 e. The van der Waals surface area contributed by atoms with E-state index < -0.39 is 0 Å². The van der Waals surface area contributed by atoms with Crippen molar-refractivity contribution < 1.29 is 9.53 Å². The Hall–Kier alpha value is -1.27. The maximum absolute atomic E-state index is 12.0. The topological polar surface area (TPSA) is 52.1 Å². The van der Waals surface area contributed by atoms with Crippen LogP contribution in [0.3, 0.4) is 0 Å². The predicted octanol–water partition coefficient (Wildman–Crippen LogP) is 4.07. The van der Waals surface area contributed by atoms with Crippen LogP contribution in [0.4, 0.5) is 0 Å². The smallest absolute Gasteiger partial charge is 0.338 e. The lowest BCUT2D eigenvalue weighted by molar-refractivity contribution is 0.0599. The van der Waals surface area contributed by atoms with Crippen molar-refractivity contribution in [1.29, 1.82) is 0 Å². The summed E-state index contributed by atoms with van der Waals surface area (Å²) in [5.74, 6) is -0.376. The van der Waals surface area contributed by atoms with Gasteiger partial charge in [-0.25, -0.2) is 14.8 Å². The van der Waals surface area contributed by atoms with Crippen molar-refractivity contribution in [2.24, 2.45) is 0 Å².